The number of aliphatic hydroxyl groups excluding tert-OH is 3. The minimum atomic E-state index is -1.84. The summed E-state index contributed by atoms with van der Waals surface area (Å²) in [6, 6.07) is 4.24. The van der Waals surface area contributed by atoms with Crippen molar-refractivity contribution < 1.29 is 72.7 Å². The Morgan fingerprint density at radius 1 is 0.962 bits per heavy atom. The molecule has 22 heteroatoms. The van der Waals surface area contributed by atoms with Crippen LogP contribution < -0.4 is 4.90 Å². The standard InChI is InChI=1S/C57H94FN7O14/c1-14-46-57(10,71)50(67)37(6)63(12)30-33(2)28-55(8,70)52(35(4)49(36(5)53(69)76-46)77-47-29-56(9,72-13)51(68)38(7)75-47)78-54-48(66)45(25-34(3)74-54)62(11)20-16-15-17-40-31-65(61-59-40)32-41-27-43(60-79-41)39-18-19-44(42(58)26-39)64-21-23-73-24-22-64/h18-19,26,31,33-38,41,45-52,54,66-68,70-71H,14-17,20-25,27-30,32H2,1-13H3/t33-,34-,35+,36-,37-,38+,41?,45+,46-,47+,48-,49+,50-,51+,52-,54+,55-,56-,57-/m1/s1. The number of hydrogen-bond donors (Lipinski definition) is 5. The highest BCUT2D eigenvalue weighted by molar-refractivity contribution is 6.01. The number of unbranched alkanes of at least 4 members (excludes halogenated alkanes) is 1. The van der Waals surface area contributed by atoms with Crippen LogP contribution >= 0.6 is 0 Å². The number of oxime groups is 1. The average Bonchev–Trinajstić information content (AvgIpc) is 4.09. The van der Waals surface area contributed by atoms with E-state index >= 15 is 4.39 Å². The highest BCUT2D eigenvalue weighted by Crippen LogP contribution is 2.41. The van der Waals surface area contributed by atoms with E-state index in [9.17, 15) is 30.3 Å². The summed E-state index contributed by atoms with van der Waals surface area (Å²) in [6.45, 7) is 21.5. The summed E-state index contributed by atoms with van der Waals surface area (Å²) in [6.07, 6.45) is -4.58. The van der Waals surface area contributed by atoms with Gasteiger partial charge in [0.2, 0.25) is 0 Å². The molecule has 0 aliphatic carbocycles. The quantitative estimate of drug-likeness (QED) is 0.118. The van der Waals surface area contributed by atoms with Crippen LogP contribution in [0.2, 0.25) is 0 Å². The highest BCUT2D eigenvalue weighted by atomic mass is 19.1. The zero-order valence-electron chi connectivity index (χ0n) is 49.1. The van der Waals surface area contributed by atoms with Crippen LogP contribution in [0.15, 0.2) is 29.6 Å². The molecule has 4 fully saturated rings. The number of carbonyl (C=O) groups excluding carboxylic acids is 1. The Balaban J connectivity index is 1.02. The Labute approximate surface area is 466 Å². The van der Waals surface area contributed by atoms with E-state index in [-0.39, 0.29) is 49.2 Å². The molecule has 0 radical (unpaired) electrons. The summed E-state index contributed by atoms with van der Waals surface area (Å²) in [5.74, 6) is -3.08. The second-order valence-corrected chi connectivity index (χ2v) is 24.3. The van der Waals surface area contributed by atoms with Gasteiger partial charge < -0.3 is 78.2 Å². The molecule has 6 heterocycles. The van der Waals surface area contributed by atoms with Gasteiger partial charge in [0.1, 0.15) is 35.8 Å². The third-order valence-electron chi connectivity index (χ3n) is 17.6. The lowest BCUT2D eigenvalue weighted by molar-refractivity contribution is -0.318. The van der Waals surface area contributed by atoms with Crippen LogP contribution in [0.3, 0.4) is 0 Å². The van der Waals surface area contributed by atoms with Crippen molar-refractivity contribution in [3.05, 3.63) is 41.5 Å². The van der Waals surface area contributed by atoms with Gasteiger partial charge in [0.25, 0.3) is 0 Å². The monoisotopic (exact) mass is 1120 g/mol. The SMILES string of the molecule is CC[C@H]1OC(=O)[C@H](C)[C@@H](O[C@H]2C[C@@](C)(OC)[C@@H](O)[C@H](C)O2)[C@H](C)[C@@H](O[C@@H]2O[C@H](C)C[C@H](N(C)CCCCc3cn(CC4CC(c5ccc(N6CCOCC6)c(F)c5)=NO4)nn3)[C@H]2O)[C@](C)(O)C[C@@H](C)CN(C)[C@H](C)[C@@H](O)[C@]1(C)O. The lowest BCUT2D eigenvalue weighted by Gasteiger charge is -2.49. The second kappa shape index (κ2) is 26.8. The number of rotatable bonds is 16. The van der Waals surface area contributed by atoms with Gasteiger partial charge in [-0.15, -0.1) is 5.10 Å². The highest BCUT2D eigenvalue weighted by Gasteiger charge is 2.53. The van der Waals surface area contributed by atoms with Crippen LogP contribution in [0.5, 0.6) is 0 Å². The van der Waals surface area contributed by atoms with Crippen molar-refractivity contribution in [2.75, 3.05) is 65.5 Å². The van der Waals surface area contributed by atoms with Crippen LogP contribution in [0, 0.1) is 23.6 Å². The van der Waals surface area contributed by atoms with E-state index < -0.39 is 96.0 Å². The second-order valence-electron chi connectivity index (χ2n) is 24.3. The maximum atomic E-state index is 15.2. The largest absolute Gasteiger partial charge is 0.459 e. The van der Waals surface area contributed by atoms with Crippen LogP contribution in [0.25, 0.3) is 0 Å². The van der Waals surface area contributed by atoms with E-state index in [1.54, 1.807) is 52.3 Å². The van der Waals surface area contributed by atoms with Gasteiger partial charge in [0.15, 0.2) is 18.7 Å². The molecule has 448 valence electrons. The number of esters is 1. The van der Waals surface area contributed by atoms with Crippen molar-refractivity contribution >= 4 is 17.4 Å². The summed E-state index contributed by atoms with van der Waals surface area (Å²) < 4.78 is 60.7. The molecule has 19 atom stereocenters. The summed E-state index contributed by atoms with van der Waals surface area (Å²) in [5, 5.41) is 72.9. The Morgan fingerprint density at radius 3 is 2.37 bits per heavy atom. The van der Waals surface area contributed by atoms with Gasteiger partial charge in [0.05, 0.1) is 78.4 Å². The number of aliphatic hydroxyl groups is 5. The molecule has 79 heavy (non-hydrogen) atoms. The lowest BCUT2D eigenvalue weighted by atomic mass is 9.77. The first kappa shape index (κ1) is 63.1. The minimum Gasteiger partial charge on any atom is -0.459 e. The molecule has 0 spiro atoms. The Bertz CT molecular complexity index is 2310. The smallest absolute Gasteiger partial charge is 0.311 e. The van der Waals surface area contributed by atoms with Gasteiger partial charge in [-0.25, -0.2) is 9.07 Å². The number of nitrogens with zero attached hydrogens (tertiary/aromatic N) is 7. The van der Waals surface area contributed by atoms with Crippen molar-refractivity contribution in [1.29, 1.82) is 0 Å². The van der Waals surface area contributed by atoms with Crippen molar-refractivity contribution in [2.45, 2.75) is 224 Å². The molecular formula is C57H94FN7O14. The number of cyclic esters (lactones) is 1. The number of hydrogen-bond acceptors (Lipinski definition) is 20. The molecule has 1 aromatic carbocycles. The zero-order chi connectivity index (χ0) is 57.7. The fraction of sp³-hybridized carbons (Fsp3) is 0.825. The van der Waals surface area contributed by atoms with E-state index in [1.807, 2.05) is 56.9 Å². The van der Waals surface area contributed by atoms with Gasteiger partial charge >= 0.3 is 5.97 Å². The van der Waals surface area contributed by atoms with E-state index in [1.165, 1.54) is 20.1 Å². The summed E-state index contributed by atoms with van der Waals surface area (Å²) in [5.41, 5.74) is -1.77. The van der Waals surface area contributed by atoms with Gasteiger partial charge in [0, 0.05) is 69.3 Å². The predicted molar refractivity (Wildman–Crippen MR) is 292 cm³/mol. The first-order valence-corrected chi connectivity index (χ1v) is 28.8. The Kier molecular flexibility index (Phi) is 21.4. The fourth-order valence-electron chi connectivity index (χ4n) is 12.7. The number of anilines is 1. The van der Waals surface area contributed by atoms with Gasteiger partial charge in [-0.2, -0.15) is 0 Å². The molecule has 0 amide bonds. The number of aromatic nitrogens is 3. The molecule has 5 aliphatic rings. The fourth-order valence-corrected chi connectivity index (χ4v) is 12.7. The van der Waals surface area contributed by atoms with Gasteiger partial charge in [-0.1, -0.05) is 37.2 Å². The zero-order valence-corrected chi connectivity index (χ0v) is 49.1. The summed E-state index contributed by atoms with van der Waals surface area (Å²) >= 11 is 0. The number of benzene rings is 1. The van der Waals surface area contributed by atoms with Crippen molar-refractivity contribution in [2.24, 2.45) is 22.9 Å². The molecule has 0 saturated carbocycles. The average molecular weight is 1120 g/mol. The summed E-state index contributed by atoms with van der Waals surface area (Å²) in [7, 11) is 5.31. The van der Waals surface area contributed by atoms with E-state index in [4.69, 9.17) is 38.0 Å². The molecule has 1 unspecified atom stereocenters. The number of halogens is 1. The number of ether oxygens (including phenoxy) is 7. The molecular weight excluding hydrogens is 1030 g/mol. The van der Waals surface area contributed by atoms with E-state index in [0.717, 1.165) is 18.5 Å². The van der Waals surface area contributed by atoms with Crippen LogP contribution in [0.1, 0.15) is 125 Å². The van der Waals surface area contributed by atoms with Gasteiger partial charge in [-0.05, 0) is 126 Å². The number of methoxy groups -OCH3 is 1. The molecule has 4 saturated heterocycles. The van der Waals surface area contributed by atoms with Crippen LogP contribution in [0.4, 0.5) is 10.1 Å². The molecule has 21 nitrogen and oxygen atoms in total. The Hall–Kier alpha value is -3.49. The van der Waals surface area contributed by atoms with Crippen molar-refractivity contribution in [1.82, 2.24) is 24.8 Å². The third kappa shape index (κ3) is 15.0. The summed E-state index contributed by atoms with van der Waals surface area (Å²) in [4.78, 5) is 26.3. The Morgan fingerprint density at radius 2 is 1.68 bits per heavy atom. The number of aryl methyl sites for hydroxylation is 1. The van der Waals surface area contributed by atoms with Crippen LogP contribution in [-0.4, -0.2) is 219 Å². The topological polar surface area (TPSA) is 245 Å². The predicted octanol–water partition coefficient (Wildman–Crippen LogP) is 4.05. The third-order valence-corrected chi connectivity index (χ3v) is 17.6. The minimum absolute atomic E-state index is 0.0993. The number of likely N-dealkylation sites (N-methyl/N-ethyl adjacent to an activating group) is 2. The number of carbonyl (C=O) groups is 1. The van der Waals surface area contributed by atoms with Gasteiger partial charge in [-0.3, -0.25) is 4.79 Å². The lowest BCUT2D eigenvalue weighted by Crippen LogP contribution is -2.60. The molecule has 5 N–H and O–H groups in total. The van der Waals surface area contributed by atoms with E-state index in [2.05, 4.69) is 20.4 Å². The normalized spacial score (nSPS) is 39.7. The number of morpholine rings is 1. The molecule has 0 bridgehead atoms. The van der Waals surface area contributed by atoms with E-state index in [0.29, 0.717) is 82.2 Å². The molecule has 2 aromatic rings. The van der Waals surface area contributed by atoms with Crippen LogP contribution in [-0.2, 0) is 55.8 Å². The van der Waals surface area contributed by atoms with Crippen molar-refractivity contribution in [3.8, 4) is 0 Å². The molecule has 7 rings (SSSR count). The first-order valence-electron chi connectivity index (χ1n) is 28.8. The first-order chi connectivity index (χ1) is 37.3. The maximum absolute atomic E-state index is 15.2. The van der Waals surface area contributed by atoms with Crippen molar-refractivity contribution in [3.63, 3.8) is 0 Å². The maximum Gasteiger partial charge on any atom is 0.311 e. The molecule has 5 aliphatic heterocycles. The molecule has 1 aromatic heterocycles.